The molecule has 132 valence electrons. The van der Waals surface area contributed by atoms with E-state index < -0.39 is 0 Å². The van der Waals surface area contributed by atoms with Gasteiger partial charge in [0.15, 0.2) is 5.82 Å². The van der Waals surface area contributed by atoms with Crippen LogP contribution < -0.4 is 5.73 Å². The molecule has 0 bridgehead atoms. The SMILES string of the molecule is N#Cc1cccc(-c2nc(N)c3cc(CCN4CCOCC4)sc3n2)c1. The Balaban J connectivity index is 1.59. The second kappa shape index (κ2) is 7.38. The van der Waals surface area contributed by atoms with Crippen LogP contribution in [0.1, 0.15) is 10.4 Å². The highest BCUT2D eigenvalue weighted by Crippen LogP contribution is 2.30. The zero-order valence-electron chi connectivity index (χ0n) is 14.3. The summed E-state index contributed by atoms with van der Waals surface area (Å²) in [5.74, 6) is 1.05. The average molecular weight is 365 g/mol. The fourth-order valence-electron chi connectivity index (χ4n) is 3.07. The zero-order valence-corrected chi connectivity index (χ0v) is 15.1. The number of aromatic nitrogens is 2. The Labute approximate surface area is 155 Å². The van der Waals surface area contributed by atoms with E-state index in [0.29, 0.717) is 17.2 Å². The number of nitriles is 1. The fraction of sp³-hybridized carbons (Fsp3) is 0.316. The number of anilines is 1. The second-order valence-electron chi connectivity index (χ2n) is 6.26. The third kappa shape index (κ3) is 3.53. The molecule has 3 aromatic rings. The molecule has 0 atom stereocenters. The summed E-state index contributed by atoms with van der Waals surface area (Å²) in [5, 5.41) is 9.99. The maximum atomic E-state index is 9.08. The highest BCUT2D eigenvalue weighted by atomic mass is 32.1. The van der Waals surface area contributed by atoms with Gasteiger partial charge in [-0.25, -0.2) is 9.97 Å². The Bertz CT molecular complexity index is 972. The van der Waals surface area contributed by atoms with Crippen molar-refractivity contribution >= 4 is 27.4 Å². The van der Waals surface area contributed by atoms with Crippen LogP contribution in [0.3, 0.4) is 0 Å². The van der Waals surface area contributed by atoms with Crippen LogP contribution in [0.5, 0.6) is 0 Å². The predicted octanol–water partition coefficient (Wildman–Crippen LogP) is 2.69. The quantitative estimate of drug-likeness (QED) is 0.765. The molecule has 0 spiro atoms. The van der Waals surface area contributed by atoms with Gasteiger partial charge in [0.2, 0.25) is 0 Å². The molecule has 0 aliphatic carbocycles. The van der Waals surface area contributed by atoms with Crippen molar-refractivity contribution in [3.05, 3.63) is 40.8 Å². The van der Waals surface area contributed by atoms with Crippen molar-refractivity contribution in [1.29, 1.82) is 5.26 Å². The van der Waals surface area contributed by atoms with Gasteiger partial charge in [0, 0.05) is 30.1 Å². The number of morpholine rings is 1. The maximum absolute atomic E-state index is 9.08. The lowest BCUT2D eigenvalue weighted by atomic mass is 10.1. The largest absolute Gasteiger partial charge is 0.383 e. The minimum Gasteiger partial charge on any atom is -0.383 e. The molecule has 6 nitrogen and oxygen atoms in total. The molecule has 1 saturated heterocycles. The number of nitrogens with two attached hydrogens (primary N) is 1. The van der Waals surface area contributed by atoms with Crippen LogP contribution in [-0.4, -0.2) is 47.7 Å². The third-order valence-corrected chi connectivity index (χ3v) is 5.59. The van der Waals surface area contributed by atoms with Gasteiger partial charge in [-0.1, -0.05) is 12.1 Å². The Morgan fingerprint density at radius 3 is 2.88 bits per heavy atom. The minimum atomic E-state index is 0.487. The first-order valence-corrected chi connectivity index (χ1v) is 9.41. The molecule has 1 aliphatic rings. The molecule has 2 N–H and O–H groups in total. The van der Waals surface area contributed by atoms with Crippen LogP contribution in [0.4, 0.5) is 5.82 Å². The molecule has 0 saturated carbocycles. The molecule has 0 radical (unpaired) electrons. The molecule has 2 aromatic heterocycles. The first kappa shape index (κ1) is 16.9. The average Bonchev–Trinajstić information content (AvgIpc) is 3.11. The van der Waals surface area contributed by atoms with E-state index in [1.54, 1.807) is 23.5 Å². The molecule has 7 heteroatoms. The van der Waals surface area contributed by atoms with Gasteiger partial charge in [-0.15, -0.1) is 11.3 Å². The fourth-order valence-corrected chi connectivity index (χ4v) is 4.09. The van der Waals surface area contributed by atoms with Crippen molar-refractivity contribution < 1.29 is 4.74 Å². The highest BCUT2D eigenvalue weighted by molar-refractivity contribution is 7.18. The molecular formula is C19H19N5OS. The molecular weight excluding hydrogens is 346 g/mol. The van der Waals surface area contributed by atoms with Crippen molar-refractivity contribution in [1.82, 2.24) is 14.9 Å². The van der Waals surface area contributed by atoms with E-state index in [1.807, 2.05) is 12.1 Å². The Morgan fingerprint density at radius 2 is 2.08 bits per heavy atom. The van der Waals surface area contributed by atoms with Crippen molar-refractivity contribution in [2.45, 2.75) is 6.42 Å². The summed E-state index contributed by atoms with van der Waals surface area (Å²) >= 11 is 1.66. The summed E-state index contributed by atoms with van der Waals surface area (Å²) in [6.07, 6.45) is 0.972. The van der Waals surface area contributed by atoms with E-state index in [0.717, 1.165) is 55.0 Å². The van der Waals surface area contributed by atoms with E-state index >= 15 is 0 Å². The van der Waals surface area contributed by atoms with Gasteiger partial charge in [0.05, 0.1) is 30.2 Å². The van der Waals surface area contributed by atoms with Crippen molar-refractivity contribution in [2.24, 2.45) is 0 Å². The number of ether oxygens (including phenoxy) is 1. The number of nitrogen functional groups attached to an aromatic ring is 1. The van der Waals surface area contributed by atoms with Crippen LogP contribution in [0.15, 0.2) is 30.3 Å². The highest BCUT2D eigenvalue weighted by Gasteiger charge is 2.14. The van der Waals surface area contributed by atoms with E-state index in [-0.39, 0.29) is 0 Å². The summed E-state index contributed by atoms with van der Waals surface area (Å²) in [5.41, 5.74) is 7.57. The van der Waals surface area contributed by atoms with Crippen LogP contribution in [0.25, 0.3) is 21.6 Å². The number of rotatable bonds is 4. The monoisotopic (exact) mass is 365 g/mol. The lowest BCUT2D eigenvalue weighted by Gasteiger charge is -2.26. The molecule has 3 heterocycles. The Kier molecular flexibility index (Phi) is 4.80. The second-order valence-corrected chi connectivity index (χ2v) is 7.38. The van der Waals surface area contributed by atoms with Gasteiger partial charge in [0.1, 0.15) is 10.6 Å². The molecule has 26 heavy (non-hydrogen) atoms. The van der Waals surface area contributed by atoms with Crippen LogP contribution >= 0.6 is 11.3 Å². The molecule has 0 amide bonds. The van der Waals surface area contributed by atoms with Crippen LogP contribution in [0.2, 0.25) is 0 Å². The van der Waals surface area contributed by atoms with E-state index in [2.05, 4.69) is 27.0 Å². The van der Waals surface area contributed by atoms with E-state index in [9.17, 15) is 0 Å². The number of hydrogen-bond acceptors (Lipinski definition) is 7. The Morgan fingerprint density at radius 1 is 1.23 bits per heavy atom. The van der Waals surface area contributed by atoms with Crippen LogP contribution in [-0.2, 0) is 11.2 Å². The minimum absolute atomic E-state index is 0.487. The lowest BCUT2D eigenvalue weighted by Crippen LogP contribution is -2.37. The smallest absolute Gasteiger partial charge is 0.163 e. The summed E-state index contributed by atoms with van der Waals surface area (Å²) in [7, 11) is 0. The van der Waals surface area contributed by atoms with Gasteiger partial charge < -0.3 is 10.5 Å². The number of hydrogen-bond donors (Lipinski definition) is 1. The lowest BCUT2D eigenvalue weighted by molar-refractivity contribution is 0.0385. The molecule has 1 fully saturated rings. The van der Waals surface area contributed by atoms with Crippen LogP contribution in [0, 0.1) is 11.3 Å². The van der Waals surface area contributed by atoms with E-state index in [4.69, 9.17) is 15.7 Å². The standard InChI is InChI=1S/C19H19N5OS/c20-12-13-2-1-3-14(10-13)18-22-17(21)16-11-15(26-19(16)23-18)4-5-24-6-8-25-9-7-24/h1-3,10-11H,4-9H2,(H2,21,22,23). The number of benzene rings is 1. The summed E-state index contributed by atoms with van der Waals surface area (Å²) in [4.78, 5) is 13.7. The zero-order chi connectivity index (χ0) is 17.9. The van der Waals surface area contributed by atoms with Gasteiger partial charge in [0.25, 0.3) is 0 Å². The summed E-state index contributed by atoms with van der Waals surface area (Å²) < 4.78 is 5.39. The predicted molar refractivity (Wildman–Crippen MR) is 103 cm³/mol. The van der Waals surface area contributed by atoms with Gasteiger partial charge in [-0.3, -0.25) is 4.90 Å². The number of fused-ring (bicyclic) bond motifs is 1. The third-order valence-electron chi connectivity index (χ3n) is 4.50. The first-order chi connectivity index (χ1) is 12.7. The van der Waals surface area contributed by atoms with Gasteiger partial charge in [-0.2, -0.15) is 5.26 Å². The number of nitrogens with zero attached hydrogens (tertiary/aromatic N) is 4. The maximum Gasteiger partial charge on any atom is 0.163 e. The first-order valence-electron chi connectivity index (χ1n) is 8.59. The van der Waals surface area contributed by atoms with Gasteiger partial charge >= 0.3 is 0 Å². The summed E-state index contributed by atoms with van der Waals surface area (Å²) in [6, 6.07) is 11.5. The molecule has 4 rings (SSSR count). The van der Waals surface area contributed by atoms with Crippen molar-refractivity contribution in [3.8, 4) is 17.5 Å². The molecule has 1 aliphatic heterocycles. The normalized spacial score (nSPS) is 15.2. The van der Waals surface area contributed by atoms with Gasteiger partial charge in [-0.05, 0) is 24.6 Å². The van der Waals surface area contributed by atoms with E-state index in [1.165, 1.54) is 4.88 Å². The van der Waals surface area contributed by atoms with Crippen molar-refractivity contribution in [2.75, 3.05) is 38.6 Å². The van der Waals surface area contributed by atoms with Crippen molar-refractivity contribution in [3.63, 3.8) is 0 Å². The topological polar surface area (TPSA) is 88.1 Å². The number of thiophene rings is 1. The summed E-state index contributed by atoms with van der Waals surface area (Å²) in [6.45, 7) is 4.63. The Hall–Kier alpha value is -2.53. The molecule has 0 unspecified atom stereocenters. The molecule has 1 aromatic carbocycles.